The minimum absolute atomic E-state index is 0.237. The number of ether oxygens (including phenoxy) is 2. The number of ketones is 1. The van der Waals surface area contributed by atoms with E-state index in [0.29, 0.717) is 6.42 Å². The Morgan fingerprint density at radius 1 is 1.22 bits per heavy atom. The topological polar surface area (TPSA) is 35.5 Å². The molecule has 0 N–H and O–H groups in total. The molecule has 0 spiro atoms. The van der Waals surface area contributed by atoms with E-state index in [2.05, 4.69) is 0 Å². The van der Waals surface area contributed by atoms with E-state index in [9.17, 15) is 4.79 Å². The lowest BCUT2D eigenvalue weighted by atomic mass is 9.91. The van der Waals surface area contributed by atoms with Crippen molar-refractivity contribution in [1.29, 1.82) is 0 Å². The van der Waals surface area contributed by atoms with Crippen LogP contribution in [0.25, 0.3) is 0 Å². The molecular formula is C15H18O3. The molecule has 0 saturated heterocycles. The fraction of sp³-hybridized carbons (Fsp3) is 0.533. The summed E-state index contributed by atoms with van der Waals surface area (Å²) in [5.41, 5.74) is 1.98. The van der Waals surface area contributed by atoms with Gasteiger partial charge in [0.05, 0.1) is 6.61 Å². The predicted molar refractivity (Wildman–Crippen MR) is 67.9 cm³/mol. The van der Waals surface area contributed by atoms with Crippen molar-refractivity contribution in [2.24, 2.45) is 5.92 Å². The molecule has 18 heavy (non-hydrogen) atoms. The van der Waals surface area contributed by atoms with Gasteiger partial charge in [-0.1, -0.05) is 6.07 Å². The number of carbonyl (C=O) groups excluding carboxylic acids is 1. The van der Waals surface area contributed by atoms with Gasteiger partial charge in [-0.2, -0.15) is 0 Å². The lowest BCUT2D eigenvalue weighted by Crippen LogP contribution is -2.11. The Kier molecular flexibility index (Phi) is 3.33. The SMILES string of the molecule is O=C1CCCc2ccc(OCOCC3CC3)cc21. The minimum atomic E-state index is 0.237. The highest BCUT2D eigenvalue weighted by atomic mass is 16.7. The van der Waals surface area contributed by atoms with Crippen LogP contribution in [0.1, 0.15) is 41.6 Å². The van der Waals surface area contributed by atoms with Gasteiger partial charge in [0.25, 0.3) is 0 Å². The zero-order chi connectivity index (χ0) is 12.4. The van der Waals surface area contributed by atoms with Gasteiger partial charge in [-0.25, -0.2) is 0 Å². The van der Waals surface area contributed by atoms with Crippen LogP contribution >= 0.6 is 0 Å². The smallest absolute Gasteiger partial charge is 0.189 e. The molecule has 0 heterocycles. The van der Waals surface area contributed by atoms with Crippen LogP contribution in [-0.2, 0) is 11.2 Å². The summed E-state index contributed by atoms with van der Waals surface area (Å²) in [6.45, 7) is 1.08. The van der Waals surface area contributed by atoms with Crippen LogP contribution in [0, 0.1) is 5.92 Å². The quantitative estimate of drug-likeness (QED) is 0.592. The highest BCUT2D eigenvalue weighted by Gasteiger charge is 2.21. The molecule has 1 fully saturated rings. The van der Waals surface area contributed by atoms with Crippen LogP contribution in [0.5, 0.6) is 5.75 Å². The molecule has 0 aromatic heterocycles. The maximum Gasteiger partial charge on any atom is 0.189 e. The Hall–Kier alpha value is -1.35. The molecule has 1 aromatic rings. The Morgan fingerprint density at radius 3 is 2.94 bits per heavy atom. The molecule has 3 rings (SSSR count). The monoisotopic (exact) mass is 246 g/mol. The van der Waals surface area contributed by atoms with E-state index in [1.54, 1.807) is 0 Å². The Balaban J connectivity index is 1.58. The summed E-state index contributed by atoms with van der Waals surface area (Å²) < 4.78 is 10.9. The standard InChI is InChI=1S/C15H18O3/c16-15-3-1-2-12-6-7-13(8-14(12)15)18-10-17-9-11-4-5-11/h6-8,11H,1-5,9-10H2. The van der Waals surface area contributed by atoms with Gasteiger partial charge in [0, 0.05) is 12.0 Å². The molecule has 0 atom stereocenters. The largest absolute Gasteiger partial charge is 0.468 e. The predicted octanol–water partition coefficient (Wildman–Crippen LogP) is 2.97. The highest BCUT2D eigenvalue weighted by Crippen LogP contribution is 2.29. The molecule has 1 aromatic carbocycles. The van der Waals surface area contributed by atoms with Crippen molar-refractivity contribution in [2.45, 2.75) is 32.1 Å². The first kappa shape index (κ1) is 11.7. The Bertz CT molecular complexity index is 449. The van der Waals surface area contributed by atoms with Crippen LogP contribution in [-0.4, -0.2) is 19.2 Å². The van der Waals surface area contributed by atoms with E-state index < -0.39 is 0 Å². The number of fused-ring (bicyclic) bond motifs is 1. The summed E-state index contributed by atoms with van der Waals surface area (Å²) in [7, 11) is 0. The molecule has 0 unspecified atom stereocenters. The van der Waals surface area contributed by atoms with Gasteiger partial charge >= 0.3 is 0 Å². The van der Waals surface area contributed by atoms with Gasteiger partial charge < -0.3 is 9.47 Å². The van der Waals surface area contributed by atoms with E-state index in [1.165, 1.54) is 12.8 Å². The molecule has 0 aliphatic heterocycles. The average Bonchev–Trinajstić information content (AvgIpc) is 3.20. The molecule has 2 aliphatic carbocycles. The highest BCUT2D eigenvalue weighted by molar-refractivity contribution is 5.98. The summed E-state index contributed by atoms with van der Waals surface area (Å²) in [6.07, 6.45) is 5.20. The summed E-state index contributed by atoms with van der Waals surface area (Å²) in [5.74, 6) is 1.72. The fourth-order valence-corrected chi connectivity index (χ4v) is 2.31. The lowest BCUT2D eigenvalue weighted by molar-refractivity contribution is 0.00992. The molecule has 0 bridgehead atoms. The third kappa shape index (κ3) is 2.72. The van der Waals surface area contributed by atoms with Gasteiger partial charge in [0.1, 0.15) is 5.75 Å². The molecule has 0 amide bonds. The number of rotatable bonds is 5. The molecule has 3 heteroatoms. The van der Waals surface area contributed by atoms with E-state index >= 15 is 0 Å². The maximum absolute atomic E-state index is 11.8. The van der Waals surface area contributed by atoms with Gasteiger partial charge in [0.2, 0.25) is 0 Å². The van der Waals surface area contributed by atoms with Crippen LogP contribution < -0.4 is 4.74 Å². The normalized spacial score (nSPS) is 18.6. The van der Waals surface area contributed by atoms with Crippen molar-refractivity contribution >= 4 is 5.78 Å². The van der Waals surface area contributed by atoms with Crippen molar-refractivity contribution in [1.82, 2.24) is 0 Å². The third-order valence-electron chi connectivity index (χ3n) is 3.59. The molecule has 96 valence electrons. The number of hydrogen-bond acceptors (Lipinski definition) is 3. The maximum atomic E-state index is 11.8. The van der Waals surface area contributed by atoms with Crippen molar-refractivity contribution in [2.75, 3.05) is 13.4 Å². The Labute approximate surface area is 107 Å². The Morgan fingerprint density at radius 2 is 2.11 bits per heavy atom. The second kappa shape index (κ2) is 5.11. The third-order valence-corrected chi connectivity index (χ3v) is 3.59. The second-order valence-electron chi connectivity index (χ2n) is 5.17. The van der Waals surface area contributed by atoms with Crippen molar-refractivity contribution in [3.63, 3.8) is 0 Å². The number of benzene rings is 1. The molecule has 3 nitrogen and oxygen atoms in total. The second-order valence-corrected chi connectivity index (χ2v) is 5.17. The van der Waals surface area contributed by atoms with Crippen LogP contribution in [0.4, 0.5) is 0 Å². The first-order valence-electron chi connectivity index (χ1n) is 6.69. The van der Waals surface area contributed by atoms with E-state index in [0.717, 1.165) is 42.2 Å². The van der Waals surface area contributed by atoms with Gasteiger partial charge in [-0.05, 0) is 49.3 Å². The van der Waals surface area contributed by atoms with E-state index in [-0.39, 0.29) is 12.6 Å². The number of aryl methyl sites for hydroxylation is 1. The summed E-state index contributed by atoms with van der Waals surface area (Å²) in [5, 5.41) is 0. The fourth-order valence-electron chi connectivity index (χ4n) is 2.31. The molecular weight excluding hydrogens is 228 g/mol. The summed E-state index contributed by atoms with van der Waals surface area (Å²) in [4.78, 5) is 11.8. The molecule has 0 radical (unpaired) electrons. The molecule has 2 aliphatic rings. The van der Waals surface area contributed by atoms with E-state index in [4.69, 9.17) is 9.47 Å². The van der Waals surface area contributed by atoms with Gasteiger partial charge in [-0.3, -0.25) is 4.79 Å². The van der Waals surface area contributed by atoms with Crippen molar-refractivity contribution < 1.29 is 14.3 Å². The van der Waals surface area contributed by atoms with Gasteiger partial charge in [0.15, 0.2) is 12.6 Å². The summed E-state index contributed by atoms with van der Waals surface area (Å²) >= 11 is 0. The van der Waals surface area contributed by atoms with E-state index in [1.807, 2.05) is 18.2 Å². The number of Topliss-reactive ketones (excluding diaryl/α,β-unsaturated/α-hetero) is 1. The number of carbonyl (C=O) groups is 1. The van der Waals surface area contributed by atoms with Crippen molar-refractivity contribution in [3.8, 4) is 5.75 Å². The van der Waals surface area contributed by atoms with Crippen LogP contribution in [0.15, 0.2) is 18.2 Å². The lowest BCUT2D eigenvalue weighted by Gasteiger charge is -2.15. The average molecular weight is 246 g/mol. The zero-order valence-corrected chi connectivity index (χ0v) is 10.5. The van der Waals surface area contributed by atoms with Gasteiger partial charge in [-0.15, -0.1) is 0 Å². The first-order chi connectivity index (χ1) is 8.83. The zero-order valence-electron chi connectivity index (χ0n) is 10.5. The molecule has 1 saturated carbocycles. The minimum Gasteiger partial charge on any atom is -0.468 e. The first-order valence-corrected chi connectivity index (χ1v) is 6.69. The van der Waals surface area contributed by atoms with Crippen molar-refractivity contribution in [3.05, 3.63) is 29.3 Å². The van der Waals surface area contributed by atoms with Crippen LogP contribution in [0.3, 0.4) is 0 Å². The van der Waals surface area contributed by atoms with Crippen LogP contribution in [0.2, 0.25) is 0 Å². The summed E-state index contributed by atoms with van der Waals surface area (Å²) in [6, 6.07) is 5.79. The number of hydrogen-bond donors (Lipinski definition) is 0.